The van der Waals surface area contributed by atoms with Gasteiger partial charge in [-0.05, 0) is 81.4 Å². The van der Waals surface area contributed by atoms with E-state index in [-0.39, 0.29) is 17.1 Å². The third kappa shape index (κ3) is 6.83. The van der Waals surface area contributed by atoms with E-state index in [1.807, 2.05) is 70.1 Å². The van der Waals surface area contributed by atoms with Crippen LogP contribution in [0.5, 0.6) is 0 Å². The van der Waals surface area contributed by atoms with Gasteiger partial charge in [0.1, 0.15) is 0 Å². The summed E-state index contributed by atoms with van der Waals surface area (Å²) in [7, 11) is 0. The van der Waals surface area contributed by atoms with Crippen molar-refractivity contribution in [3.8, 4) is 0 Å². The van der Waals surface area contributed by atoms with E-state index < -0.39 is 0 Å². The van der Waals surface area contributed by atoms with Gasteiger partial charge in [0, 0.05) is 5.92 Å². The summed E-state index contributed by atoms with van der Waals surface area (Å²) in [4.78, 5) is 0. The quantitative estimate of drug-likeness (QED) is 0.486. The van der Waals surface area contributed by atoms with E-state index in [0.29, 0.717) is 0 Å². The summed E-state index contributed by atoms with van der Waals surface area (Å²) < 4.78 is 0. The van der Waals surface area contributed by atoms with Crippen molar-refractivity contribution in [2.45, 2.75) is 6.92 Å². The van der Waals surface area contributed by atoms with Crippen molar-refractivity contribution in [3.05, 3.63) is 130 Å². The predicted molar refractivity (Wildman–Crippen MR) is 100 cm³/mol. The molecule has 2 aliphatic rings. The first-order chi connectivity index (χ1) is 11.2. The fraction of sp³-hybridized carbons (Fsp3) is 0.0435. The van der Waals surface area contributed by atoms with Gasteiger partial charge in [0.05, 0.1) is 0 Å². The average Bonchev–Trinajstić information content (AvgIpc) is 3.28. The van der Waals surface area contributed by atoms with Crippen LogP contribution in [0.25, 0.3) is 5.57 Å². The molecule has 0 unspecified atom stereocenters. The maximum absolute atomic E-state index is 4.20. The topological polar surface area (TPSA) is 0 Å². The van der Waals surface area contributed by atoms with Crippen molar-refractivity contribution in [2.75, 3.05) is 0 Å². The maximum Gasteiger partial charge on any atom is 2.00 e. The minimum absolute atomic E-state index is 0. The second-order valence-corrected chi connectivity index (χ2v) is 5.36. The Balaban J connectivity index is 0.000000412. The molecule has 2 saturated carbocycles. The molecule has 0 aromatic heterocycles. The van der Waals surface area contributed by atoms with E-state index in [9.17, 15) is 0 Å². The molecule has 24 heavy (non-hydrogen) atoms. The van der Waals surface area contributed by atoms with Crippen molar-refractivity contribution in [2.24, 2.45) is 0 Å². The van der Waals surface area contributed by atoms with E-state index in [2.05, 4.69) is 44.2 Å². The van der Waals surface area contributed by atoms with Crippen LogP contribution in [0.1, 0.15) is 12.5 Å². The molecule has 0 heterocycles. The number of hydrogen-bond acceptors (Lipinski definition) is 0. The molecule has 0 N–H and O–H groups in total. The first kappa shape index (κ1) is 21.0. The number of allylic oxidation sites excluding steroid dienone is 4. The fourth-order valence-electron chi connectivity index (χ4n) is 2.24. The SMILES string of the molecule is C=C(C)/C(=C/[C]1[CH][CH][CH][CH]1)C(=C)c1ccccc1.[CH]1[CH][CH][CH][CH]1.[Fe+2]. The number of hydrogen-bond donors (Lipinski definition) is 0. The monoisotopic (exact) mass is 354 g/mol. The number of benzene rings is 1. The Labute approximate surface area is 159 Å². The normalized spacial score (nSPS) is 17.6. The smallest absolute Gasteiger partial charge is 0.0955 e. The van der Waals surface area contributed by atoms with E-state index in [1.165, 1.54) is 5.92 Å². The standard InChI is InChI=1S/C18H17.C5H5.Fe/c1-14(2)18(13-16-9-7-8-10-16)15(3)17-11-5-4-6-12-17;1-2-4-5-3-1;/h4-13H,1,3H2,2H3;1-5H;/q;;+2/b18-13-;;. The Morgan fingerprint density at radius 3 is 1.75 bits per heavy atom. The van der Waals surface area contributed by atoms with Crippen LogP contribution in [-0.2, 0) is 17.1 Å². The Morgan fingerprint density at radius 2 is 1.29 bits per heavy atom. The third-order valence-corrected chi connectivity index (χ3v) is 3.46. The molecule has 0 saturated heterocycles. The molecule has 120 valence electrons. The zero-order valence-electron chi connectivity index (χ0n) is 13.9. The molecule has 0 nitrogen and oxygen atoms in total. The second-order valence-electron chi connectivity index (χ2n) is 5.36. The minimum Gasteiger partial charge on any atom is -0.0955 e. The largest absolute Gasteiger partial charge is 2.00 e. The van der Waals surface area contributed by atoms with Crippen LogP contribution in [0.2, 0.25) is 0 Å². The van der Waals surface area contributed by atoms with Crippen LogP contribution in [0.4, 0.5) is 0 Å². The van der Waals surface area contributed by atoms with Crippen LogP contribution in [-0.4, -0.2) is 0 Å². The van der Waals surface area contributed by atoms with E-state index in [1.54, 1.807) is 0 Å². The van der Waals surface area contributed by atoms with Crippen LogP contribution in [0, 0.1) is 63.7 Å². The molecular formula is C23H22Fe+2. The van der Waals surface area contributed by atoms with Gasteiger partial charge in [-0.1, -0.05) is 55.1 Å². The molecule has 0 atom stereocenters. The van der Waals surface area contributed by atoms with Gasteiger partial charge in [-0.3, -0.25) is 0 Å². The molecule has 3 rings (SSSR count). The van der Waals surface area contributed by atoms with Crippen LogP contribution >= 0.6 is 0 Å². The van der Waals surface area contributed by atoms with Gasteiger partial charge in [-0.2, -0.15) is 0 Å². The van der Waals surface area contributed by atoms with Crippen LogP contribution in [0.15, 0.2) is 60.7 Å². The molecule has 2 fully saturated rings. The first-order valence-corrected chi connectivity index (χ1v) is 7.69. The van der Waals surface area contributed by atoms with E-state index >= 15 is 0 Å². The molecule has 0 spiro atoms. The maximum atomic E-state index is 4.20. The Kier molecular flexibility index (Phi) is 10.1. The molecule has 10 radical (unpaired) electrons. The van der Waals surface area contributed by atoms with Crippen LogP contribution < -0.4 is 0 Å². The summed E-state index contributed by atoms with van der Waals surface area (Å²) in [5.74, 6) is 1.19. The predicted octanol–water partition coefficient (Wildman–Crippen LogP) is 5.63. The Morgan fingerprint density at radius 1 is 0.792 bits per heavy atom. The van der Waals surface area contributed by atoms with Gasteiger partial charge in [0.15, 0.2) is 0 Å². The van der Waals surface area contributed by atoms with Crippen molar-refractivity contribution in [3.63, 3.8) is 0 Å². The zero-order chi connectivity index (χ0) is 16.5. The van der Waals surface area contributed by atoms with Gasteiger partial charge in [0.2, 0.25) is 0 Å². The summed E-state index contributed by atoms with van der Waals surface area (Å²) in [6.07, 6.45) is 20.4. The summed E-state index contributed by atoms with van der Waals surface area (Å²) in [6.45, 7) is 10.3. The molecule has 2 aliphatic carbocycles. The van der Waals surface area contributed by atoms with Gasteiger partial charge in [-0.25, -0.2) is 0 Å². The van der Waals surface area contributed by atoms with Gasteiger partial charge in [-0.15, -0.1) is 0 Å². The van der Waals surface area contributed by atoms with Gasteiger partial charge < -0.3 is 0 Å². The van der Waals surface area contributed by atoms with Crippen molar-refractivity contribution < 1.29 is 17.1 Å². The summed E-state index contributed by atoms with van der Waals surface area (Å²) in [5, 5.41) is 0. The van der Waals surface area contributed by atoms with Crippen LogP contribution in [0.3, 0.4) is 0 Å². The second kappa shape index (κ2) is 11.5. The molecule has 1 aromatic rings. The fourth-order valence-corrected chi connectivity index (χ4v) is 2.24. The molecule has 0 amide bonds. The third-order valence-electron chi connectivity index (χ3n) is 3.46. The summed E-state index contributed by atoms with van der Waals surface area (Å²) in [6, 6.07) is 10.2. The molecule has 1 aromatic carbocycles. The van der Waals surface area contributed by atoms with Crippen molar-refractivity contribution >= 4 is 5.57 Å². The molecular weight excluding hydrogens is 332 g/mol. The van der Waals surface area contributed by atoms with E-state index in [0.717, 1.165) is 22.3 Å². The number of rotatable bonds is 4. The first-order valence-electron chi connectivity index (χ1n) is 7.69. The van der Waals surface area contributed by atoms with Gasteiger partial charge in [0.25, 0.3) is 0 Å². The molecule has 1 heteroatoms. The van der Waals surface area contributed by atoms with E-state index in [4.69, 9.17) is 0 Å². The summed E-state index contributed by atoms with van der Waals surface area (Å²) in [5.41, 5.74) is 4.29. The van der Waals surface area contributed by atoms with Gasteiger partial charge >= 0.3 is 17.1 Å². The Bertz CT molecular complexity index is 521. The minimum atomic E-state index is 0. The van der Waals surface area contributed by atoms with Crippen molar-refractivity contribution in [1.29, 1.82) is 0 Å². The average molecular weight is 354 g/mol. The summed E-state index contributed by atoms with van der Waals surface area (Å²) >= 11 is 0. The van der Waals surface area contributed by atoms with Crippen molar-refractivity contribution in [1.82, 2.24) is 0 Å². The zero-order valence-corrected chi connectivity index (χ0v) is 15.0. The Hall–Kier alpha value is -1.04. The molecule has 0 aliphatic heterocycles. The molecule has 0 bridgehead atoms.